The highest BCUT2D eigenvalue weighted by molar-refractivity contribution is 5.78. The van der Waals surface area contributed by atoms with Gasteiger partial charge in [0.25, 0.3) is 0 Å². The summed E-state index contributed by atoms with van der Waals surface area (Å²) in [5.41, 5.74) is -0.792. The third-order valence-corrected chi connectivity index (χ3v) is 3.72. The number of carbonyl (C=O) groups is 1. The van der Waals surface area contributed by atoms with Gasteiger partial charge >= 0.3 is 5.97 Å². The Balaban J connectivity index is 2.16. The van der Waals surface area contributed by atoms with Crippen LogP contribution in [0.1, 0.15) is 59.3 Å². The predicted molar refractivity (Wildman–Crippen MR) is 76.3 cm³/mol. The molecule has 2 atom stereocenters. The van der Waals surface area contributed by atoms with Crippen LogP contribution in [0.15, 0.2) is 0 Å². The number of carboxylic acid groups (broad SMARTS) is 1. The molecule has 0 aromatic heterocycles. The fraction of sp³-hybridized carbons (Fsp3) is 0.933. The molecule has 1 rings (SSSR count). The molecule has 0 aromatic rings. The Morgan fingerprint density at radius 2 is 2.21 bits per heavy atom. The quantitative estimate of drug-likeness (QED) is 0.567. The van der Waals surface area contributed by atoms with Crippen molar-refractivity contribution < 1.29 is 14.6 Å². The summed E-state index contributed by atoms with van der Waals surface area (Å²) in [6, 6.07) is 0.409. The lowest BCUT2D eigenvalue weighted by Gasteiger charge is -2.26. The van der Waals surface area contributed by atoms with Crippen LogP contribution >= 0.6 is 0 Å². The van der Waals surface area contributed by atoms with Gasteiger partial charge < -0.3 is 9.84 Å². The Morgan fingerprint density at radius 3 is 2.74 bits per heavy atom. The lowest BCUT2D eigenvalue weighted by molar-refractivity contribution is -0.144. The van der Waals surface area contributed by atoms with E-state index in [4.69, 9.17) is 4.74 Å². The van der Waals surface area contributed by atoms with E-state index in [1.165, 1.54) is 12.8 Å². The van der Waals surface area contributed by atoms with Gasteiger partial charge in [-0.05, 0) is 44.9 Å². The van der Waals surface area contributed by atoms with E-state index in [1.807, 2.05) is 0 Å². The zero-order valence-corrected chi connectivity index (χ0v) is 12.6. The largest absolute Gasteiger partial charge is 0.480 e. The average molecular weight is 271 g/mol. The monoisotopic (exact) mass is 271 g/mol. The van der Waals surface area contributed by atoms with Gasteiger partial charge in [0, 0.05) is 19.3 Å². The molecule has 1 aliphatic rings. The third kappa shape index (κ3) is 6.39. The van der Waals surface area contributed by atoms with Crippen LogP contribution in [-0.2, 0) is 9.53 Å². The number of nitrogens with one attached hydrogen (secondary N) is 1. The Bertz CT molecular complexity index is 279. The van der Waals surface area contributed by atoms with Crippen LogP contribution in [0, 0.1) is 5.92 Å². The standard InChI is InChI=1S/C15H29NO3/c1-4-6-12(2)11-19-10-5-9-15(3,14(17)18)16-13-7-8-13/h12-13,16H,4-11H2,1-3H3,(H,17,18). The molecule has 0 bridgehead atoms. The van der Waals surface area contributed by atoms with Crippen LogP contribution in [0.25, 0.3) is 0 Å². The minimum absolute atomic E-state index is 0.409. The molecule has 0 saturated heterocycles. The second kappa shape index (κ2) is 7.85. The highest BCUT2D eigenvalue weighted by Crippen LogP contribution is 2.25. The third-order valence-electron chi connectivity index (χ3n) is 3.72. The van der Waals surface area contributed by atoms with Gasteiger partial charge in [-0.3, -0.25) is 10.1 Å². The summed E-state index contributed by atoms with van der Waals surface area (Å²) in [6.07, 6.45) is 6.01. The summed E-state index contributed by atoms with van der Waals surface area (Å²) in [5, 5.41) is 12.6. The summed E-state index contributed by atoms with van der Waals surface area (Å²) >= 11 is 0. The van der Waals surface area contributed by atoms with Gasteiger partial charge in [-0.15, -0.1) is 0 Å². The van der Waals surface area contributed by atoms with E-state index in [-0.39, 0.29) is 0 Å². The number of hydrogen-bond donors (Lipinski definition) is 2. The molecule has 0 aliphatic heterocycles. The lowest BCUT2D eigenvalue weighted by Crippen LogP contribution is -2.50. The summed E-state index contributed by atoms with van der Waals surface area (Å²) in [6.45, 7) is 7.60. The van der Waals surface area contributed by atoms with Crippen molar-refractivity contribution in [3.63, 3.8) is 0 Å². The Hall–Kier alpha value is -0.610. The van der Waals surface area contributed by atoms with Crippen LogP contribution in [0.2, 0.25) is 0 Å². The highest BCUT2D eigenvalue weighted by Gasteiger charge is 2.37. The highest BCUT2D eigenvalue weighted by atomic mass is 16.5. The maximum absolute atomic E-state index is 11.3. The molecule has 2 N–H and O–H groups in total. The van der Waals surface area contributed by atoms with Crippen molar-refractivity contribution in [3.05, 3.63) is 0 Å². The number of hydrogen-bond acceptors (Lipinski definition) is 3. The van der Waals surface area contributed by atoms with Crippen molar-refractivity contribution in [2.24, 2.45) is 5.92 Å². The molecule has 0 radical (unpaired) electrons. The Morgan fingerprint density at radius 1 is 1.53 bits per heavy atom. The summed E-state index contributed by atoms with van der Waals surface area (Å²) < 4.78 is 5.62. The molecular formula is C15H29NO3. The van der Waals surface area contributed by atoms with Crippen LogP contribution in [-0.4, -0.2) is 35.9 Å². The van der Waals surface area contributed by atoms with Gasteiger partial charge in [0.15, 0.2) is 0 Å². The van der Waals surface area contributed by atoms with Crippen LogP contribution in [0.4, 0.5) is 0 Å². The Labute approximate surface area is 116 Å². The molecular weight excluding hydrogens is 242 g/mol. The zero-order valence-electron chi connectivity index (χ0n) is 12.6. The van der Waals surface area contributed by atoms with Crippen molar-refractivity contribution >= 4 is 5.97 Å². The van der Waals surface area contributed by atoms with Crippen LogP contribution in [0.5, 0.6) is 0 Å². The van der Waals surface area contributed by atoms with Crippen molar-refractivity contribution in [2.75, 3.05) is 13.2 Å². The fourth-order valence-corrected chi connectivity index (χ4v) is 2.31. The lowest BCUT2D eigenvalue weighted by atomic mass is 9.96. The minimum atomic E-state index is -0.792. The summed E-state index contributed by atoms with van der Waals surface area (Å²) in [4.78, 5) is 11.3. The molecule has 19 heavy (non-hydrogen) atoms. The molecule has 1 saturated carbocycles. The van der Waals surface area contributed by atoms with Gasteiger partial charge in [-0.1, -0.05) is 20.3 Å². The minimum Gasteiger partial charge on any atom is -0.480 e. The smallest absolute Gasteiger partial charge is 0.323 e. The van der Waals surface area contributed by atoms with E-state index in [0.717, 1.165) is 25.9 Å². The molecule has 0 amide bonds. The molecule has 4 heteroatoms. The molecule has 112 valence electrons. The van der Waals surface area contributed by atoms with E-state index in [9.17, 15) is 9.90 Å². The van der Waals surface area contributed by atoms with E-state index in [0.29, 0.717) is 25.0 Å². The van der Waals surface area contributed by atoms with Gasteiger partial charge in [0.2, 0.25) is 0 Å². The first kappa shape index (κ1) is 16.4. The molecule has 1 aliphatic carbocycles. The molecule has 0 heterocycles. The summed E-state index contributed by atoms with van der Waals surface area (Å²) in [5.74, 6) is -0.154. The molecule has 1 fully saturated rings. The second-order valence-corrected chi connectivity index (χ2v) is 6.13. The first-order valence-electron chi connectivity index (χ1n) is 7.56. The van der Waals surface area contributed by atoms with E-state index in [2.05, 4.69) is 19.2 Å². The van der Waals surface area contributed by atoms with Gasteiger partial charge in [0.1, 0.15) is 5.54 Å². The number of rotatable bonds is 11. The van der Waals surface area contributed by atoms with E-state index < -0.39 is 11.5 Å². The molecule has 4 nitrogen and oxygen atoms in total. The topological polar surface area (TPSA) is 58.6 Å². The van der Waals surface area contributed by atoms with Crippen molar-refractivity contribution in [2.45, 2.75) is 70.9 Å². The fourth-order valence-electron chi connectivity index (χ4n) is 2.31. The second-order valence-electron chi connectivity index (χ2n) is 6.13. The van der Waals surface area contributed by atoms with Crippen LogP contribution < -0.4 is 5.32 Å². The molecule has 0 aromatic carbocycles. The first-order chi connectivity index (χ1) is 8.98. The van der Waals surface area contributed by atoms with Gasteiger partial charge in [-0.2, -0.15) is 0 Å². The van der Waals surface area contributed by atoms with Crippen molar-refractivity contribution in [1.82, 2.24) is 5.32 Å². The van der Waals surface area contributed by atoms with Gasteiger partial charge in [0.05, 0.1) is 0 Å². The van der Waals surface area contributed by atoms with E-state index >= 15 is 0 Å². The van der Waals surface area contributed by atoms with Crippen LogP contribution in [0.3, 0.4) is 0 Å². The molecule has 2 unspecified atom stereocenters. The van der Waals surface area contributed by atoms with Gasteiger partial charge in [-0.25, -0.2) is 0 Å². The predicted octanol–water partition coefficient (Wildman–Crippen LogP) is 2.81. The maximum Gasteiger partial charge on any atom is 0.323 e. The van der Waals surface area contributed by atoms with E-state index in [1.54, 1.807) is 6.92 Å². The average Bonchev–Trinajstić information content (AvgIpc) is 3.12. The normalized spacial score (nSPS) is 19.9. The summed E-state index contributed by atoms with van der Waals surface area (Å²) in [7, 11) is 0. The number of carboxylic acids is 1. The number of ether oxygens (including phenoxy) is 1. The zero-order chi connectivity index (χ0) is 14.3. The number of aliphatic carboxylic acids is 1. The SMILES string of the molecule is CCCC(C)COCCCC(C)(NC1CC1)C(=O)O. The maximum atomic E-state index is 11.3. The first-order valence-corrected chi connectivity index (χ1v) is 7.56. The molecule has 0 spiro atoms. The van der Waals surface area contributed by atoms with Crippen molar-refractivity contribution in [1.29, 1.82) is 0 Å². The Kier molecular flexibility index (Phi) is 6.80. The van der Waals surface area contributed by atoms with Crippen molar-refractivity contribution in [3.8, 4) is 0 Å².